The number of benzene rings is 2. The molecular formula is C31H33N3O6S. The lowest BCUT2D eigenvalue weighted by molar-refractivity contribution is -0.143. The van der Waals surface area contributed by atoms with Crippen LogP contribution in [0.2, 0.25) is 0 Å². The number of para-hydroxylation sites is 1. The van der Waals surface area contributed by atoms with Crippen molar-refractivity contribution < 1.29 is 23.8 Å². The zero-order chi connectivity index (χ0) is 29.4. The number of fused-ring (bicyclic) bond motifs is 2. The van der Waals surface area contributed by atoms with Crippen molar-refractivity contribution in [2.24, 2.45) is 4.99 Å². The molecule has 0 radical (unpaired) electrons. The molecule has 0 saturated carbocycles. The van der Waals surface area contributed by atoms with Crippen LogP contribution in [0.25, 0.3) is 5.57 Å². The summed E-state index contributed by atoms with van der Waals surface area (Å²) in [6.45, 7) is 7.88. The number of thiazole rings is 1. The Morgan fingerprint density at radius 1 is 1.10 bits per heavy atom. The number of carbonyl (C=O) groups is 2. The van der Waals surface area contributed by atoms with Gasteiger partial charge < -0.3 is 19.1 Å². The van der Waals surface area contributed by atoms with Crippen LogP contribution in [0.4, 0.5) is 5.69 Å². The van der Waals surface area contributed by atoms with Gasteiger partial charge >= 0.3 is 5.97 Å². The highest BCUT2D eigenvalue weighted by Gasteiger charge is 2.38. The molecular weight excluding hydrogens is 542 g/mol. The first-order valence-corrected chi connectivity index (χ1v) is 14.4. The standard InChI is InChI=1S/C31H33N3O6S/c1-7-8-15-33-22-12-10-9-11-20(22)25(28(33)35)27-29(36)34-26(21-16-19(38-5)13-14-23(21)39-6)24(30(37)40-17(2)3)18(4)32-31(34)41-27/h9-14,16-17,26H,7-8,15H2,1-6H3/b27-25-/t26-/m0/s1. The molecule has 2 aliphatic heterocycles. The lowest BCUT2D eigenvalue weighted by Gasteiger charge is -2.26. The highest BCUT2D eigenvalue weighted by Crippen LogP contribution is 2.39. The van der Waals surface area contributed by atoms with Crippen molar-refractivity contribution in [1.29, 1.82) is 0 Å². The van der Waals surface area contributed by atoms with E-state index in [4.69, 9.17) is 14.2 Å². The first-order valence-electron chi connectivity index (χ1n) is 13.6. The van der Waals surface area contributed by atoms with Crippen LogP contribution >= 0.6 is 11.3 Å². The van der Waals surface area contributed by atoms with Gasteiger partial charge in [0, 0.05) is 17.7 Å². The van der Waals surface area contributed by atoms with Gasteiger partial charge in [0.1, 0.15) is 22.1 Å². The predicted octanol–water partition coefficient (Wildman–Crippen LogP) is 3.72. The molecule has 1 atom stereocenters. The Bertz CT molecular complexity index is 1750. The van der Waals surface area contributed by atoms with Gasteiger partial charge in [-0.15, -0.1) is 0 Å². The number of anilines is 1. The van der Waals surface area contributed by atoms with E-state index >= 15 is 0 Å². The van der Waals surface area contributed by atoms with Crippen LogP contribution in [-0.4, -0.2) is 43.3 Å². The molecule has 0 bridgehead atoms. The van der Waals surface area contributed by atoms with E-state index < -0.39 is 17.6 Å². The van der Waals surface area contributed by atoms with Crippen LogP contribution in [0.15, 0.2) is 63.5 Å². The van der Waals surface area contributed by atoms with E-state index in [1.54, 1.807) is 51.0 Å². The molecule has 1 aromatic heterocycles. The summed E-state index contributed by atoms with van der Waals surface area (Å²) in [4.78, 5) is 48.5. The van der Waals surface area contributed by atoms with Crippen LogP contribution in [0, 0.1) is 0 Å². The van der Waals surface area contributed by atoms with Gasteiger partial charge in [-0.2, -0.15) is 0 Å². The Morgan fingerprint density at radius 3 is 2.54 bits per heavy atom. The maximum atomic E-state index is 14.4. The van der Waals surface area contributed by atoms with E-state index in [0.717, 1.165) is 29.9 Å². The van der Waals surface area contributed by atoms with E-state index in [-0.39, 0.29) is 22.1 Å². The molecule has 0 unspecified atom stereocenters. The number of unbranched alkanes of at least 4 members (excludes halogenated alkanes) is 1. The first kappa shape index (κ1) is 28.4. The minimum Gasteiger partial charge on any atom is -0.497 e. The summed E-state index contributed by atoms with van der Waals surface area (Å²) in [6.07, 6.45) is 1.38. The van der Waals surface area contributed by atoms with Gasteiger partial charge in [0.15, 0.2) is 4.80 Å². The molecule has 0 N–H and O–H groups in total. The summed E-state index contributed by atoms with van der Waals surface area (Å²) in [5.41, 5.74) is 2.62. The lowest BCUT2D eigenvalue weighted by atomic mass is 9.94. The molecule has 5 rings (SSSR count). The molecule has 2 aliphatic rings. The number of aromatic nitrogens is 1. The summed E-state index contributed by atoms with van der Waals surface area (Å²) >= 11 is 1.15. The average molecular weight is 576 g/mol. The van der Waals surface area contributed by atoms with E-state index in [0.29, 0.717) is 45.2 Å². The van der Waals surface area contributed by atoms with Crippen molar-refractivity contribution in [2.45, 2.75) is 52.7 Å². The van der Waals surface area contributed by atoms with Gasteiger partial charge in [-0.25, -0.2) is 9.79 Å². The van der Waals surface area contributed by atoms with Gasteiger partial charge in [0.25, 0.3) is 11.5 Å². The Balaban J connectivity index is 1.82. The van der Waals surface area contributed by atoms with Gasteiger partial charge in [0.05, 0.1) is 42.9 Å². The average Bonchev–Trinajstić information content (AvgIpc) is 3.42. The lowest BCUT2D eigenvalue weighted by Crippen LogP contribution is -2.41. The summed E-state index contributed by atoms with van der Waals surface area (Å²) in [6, 6.07) is 11.8. The minimum atomic E-state index is -0.917. The second-order valence-corrected chi connectivity index (χ2v) is 11.1. The molecule has 2 aromatic carbocycles. The number of methoxy groups -OCH3 is 2. The Morgan fingerprint density at radius 2 is 1.85 bits per heavy atom. The van der Waals surface area contributed by atoms with Crippen LogP contribution in [0.3, 0.4) is 0 Å². The second kappa shape index (κ2) is 11.4. The molecule has 41 heavy (non-hydrogen) atoms. The molecule has 0 fully saturated rings. The molecule has 10 heteroatoms. The number of amides is 1. The van der Waals surface area contributed by atoms with Gasteiger partial charge in [-0.3, -0.25) is 14.2 Å². The zero-order valence-electron chi connectivity index (χ0n) is 24.0. The topological polar surface area (TPSA) is 99.4 Å². The van der Waals surface area contributed by atoms with E-state index in [9.17, 15) is 14.4 Å². The maximum absolute atomic E-state index is 14.4. The molecule has 0 spiro atoms. The highest BCUT2D eigenvalue weighted by molar-refractivity contribution is 7.07. The molecule has 1 amide bonds. The van der Waals surface area contributed by atoms with Crippen molar-refractivity contribution in [3.63, 3.8) is 0 Å². The van der Waals surface area contributed by atoms with E-state index in [1.165, 1.54) is 11.7 Å². The van der Waals surface area contributed by atoms with Crippen LogP contribution in [0.5, 0.6) is 11.5 Å². The molecule has 3 heterocycles. The van der Waals surface area contributed by atoms with Crippen molar-refractivity contribution in [1.82, 2.24) is 4.57 Å². The number of carbonyl (C=O) groups excluding carboxylic acids is 2. The summed E-state index contributed by atoms with van der Waals surface area (Å²) in [7, 11) is 3.07. The summed E-state index contributed by atoms with van der Waals surface area (Å²) < 4.78 is 18.5. The number of hydrogen-bond acceptors (Lipinski definition) is 8. The first-order chi connectivity index (χ1) is 19.7. The molecule has 214 valence electrons. The normalized spacial score (nSPS) is 17.4. The largest absolute Gasteiger partial charge is 0.497 e. The van der Waals surface area contributed by atoms with Gasteiger partial charge in [-0.05, 0) is 51.5 Å². The third kappa shape index (κ3) is 4.86. The number of esters is 1. The Kier molecular flexibility index (Phi) is 7.86. The van der Waals surface area contributed by atoms with Crippen LogP contribution in [-0.2, 0) is 14.3 Å². The molecule has 0 saturated heterocycles. The van der Waals surface area contributed by atoms with Crippen molar-refractivity contribution in [3.05, 3.63) is 84.5 Å². The van der Waals surface area contributed by atoms with Crippen LogP contribution < -0.4 is 29.3 Å². The second-order valence-electron chi connectivity index (χ2n) is 10.2. The third-order valence-electron chi connectivity index (χ3n) is 7.18. The van der Waals surface area contributed by atoms with Gasteiger partial charge in [0.2, 0.25) is 0 Å². The number of ether oxygens (including phenoxy) is 3. The number of nitrogens with zero attached hydrogens (tertiary/aromatic N) is 3. The fourth-order valence-electron chi connectivity index (χ4n) is 5.30. The number of hydrogen-bond donors (Lipinski definition) is 0. The van der Waals surface area contributed by atoms with E-state index in [2.05, 4.69) is 11.9 Å². The predicted molar refractivity (Wildman–Crippen MR) is 157 cm³/mol. The smallest absolute Gasteiger partial charge is 0.338 e. The minimum absolute atomic E-state index is 0.212. The Hall–Kier alpha value is -4.18. The molecule has 0 aliphatic carbocycles. The SMILES string of the molecule is CCCCN1C(=O)/C(=c2\sc3n(c2=O)[C@@H](c2cc(OC)ccc2OC)C(C(=O)OC(C)C)=C(C)N=3)c2ccccc21. The highest BCUT2D eigenvalue weighted by atomic mass is 32.1. The quantitative estimate of drug-likeness (QED) is 0.380. The fourth-order valence-corrected chi connectivity index (χ4v) is 6.43. The maximum Gasteiger partial charge on any atom is 0.338 e. The van der Waals surface area contributed by atoms with E-state index in [1.807, 2.05) is 24.3 Å². The number of allylic oxidation sites excluding steroid dienone is 1. The van der Waals surface area contributed by atoms with Crippen molar-refractivity contribution >= 4 is 34.5 Å². The van der Waals surface area contributed by atoms with Crippen molar-refractivity contribution in [2.75, 3.05) is 25.7 Å². The van der Waals surface area contributed by atoms with Crippen LogP contribution in [0.1, 0.15) is 57.7 Å². The monoisotopic (exact) mass is 575 g/mol. The van der Waals surface area contributed by atoms with Gasteiger partial charge in [-0.1, -0.05) is 42.9 Å². The Labute approximate surface area is 242 Å². The molecule has 3 aromatic rings. The third-order valence-corrected chi connectivity index (χ3v) is 8.23. The summed E-state index contributed by atoms with van der Waals surface area (Å²) in [5, 5.41) is 0. The van der Waals surface area contributed by atoms with Crippen molar-refractivity contribution in [3.8, 4) is 11.5 Å². The number of rotatable bonds is 8. The zero-order valence-corrected chi connectivity index (χ0v) is 24.8. The summed E-state index contributed by atoms with van der Waals surface area (Å²) in [5.74, 6) is 0.202. The molecule has 9 nitrogen and oxygen atoms in total. The fraction of sp³-hybridized carbons (Fsp3) is 0.355.